The standard InChI is InChI=1S/C20H18FN3O3/c1-26-17-7-2-4-13(8-17)11-24-12-15(10-18(24)25)19-22-20(27-23-19)14-5-3-6-16(21)9-14/h2-9,15H,10-12H2,1H3. The van der Waals surface area contributed by atoms with Crippen LogP contribution < -0.4 is 4.74 Å². The molecule has 4 rings (SSSR count). The van der Waals surface area contributed by atoms with Crippen molar-refractivity contribution in [2.75, 3.05) is 13.7 Å². The Labute approximate surface area is 155 Å². The number of hydrogen-bond donors (Lipinski definition) is 0. The average molecular weight is 367 g/mol. The highest BCUT2D eigenvalue weighted by molar-refractivity contribution is 5.79. The van der Waals surface area contributed by atoms with E-state index >= 15 is 0 Å². The predicted octanol–water partition coefficient (Wildman–Crippen LogP) is 3.40. The zero-order valence-corrected chi connectivity index (χ0v) is 14.8. The fourth-order valence-electron chi connectivity index (χ4n) is 3.23. The molecule has 0 aliphatic carbocycles. The SMILES string of the molecule is COc1cccc(CN2CC(c3noc(-c4cccc(F)c4)n3)CC2=O)c1. The number of amides is 1. The zero-order valence-electron chi connectivity index (χ0n) is 14.8. The second-order valence-electron chi connectivity index (χ2n) is 6.49. The van der Waals surface area contributed by atoms with Crippen molar-refractivity contribution < 1.29 is 18.4 Å². The number of aromatic nitrogens is 2. The highest BCUT2D eigenvalue weighted by Gasteiger charge is 2.33. The summed E-state index contributed by atoms with van der Waals surface area (Å²) in [5, 5.41) is 4.00. The predicted molar refractivity (Wildman–Crippen MR) is 95.5 cm³/mol. The molecule has 3 aromatic rings. The smallest absolute Gasteiger partial charge is 0.258 e. The monoisotopic (exact) mass is 367 g/mol. The molecule has 1 aliphatic rings. The summed E-state index contributed by atoms with van der Waals surface area (Å²) in [5.41, 5.74) is 1.52. The molecule has 2 aromatic carbocycles. The largest absolute Gasteiger partial charge is 0.497 e. The van der Waals surface area contributed by atoms with Crippen molar-refractivity contribution in [1.29, 1.82) is 0 Å². The van der Waals surface area contributed by atoms with E-state index in [1.165, 1.54) is 12.1 Å². The normalized spacial score (nSPS) is 16.7. The van der Waals surface area contributed by atoms with Crippen LogP contribution in [0.15, 0.2) is 53.1 Å². The first-order valence-electron chi connectivity index (χ1n) is 8.62. The maximum Gasteiger partial charge on any atom is 0.258 e. The number of hydrogen-bond acceptors (Lipinski definition) is 5. The Morgan fingerprint density at radius 3 is 2.93 bits per heavy atom. The van der Waals surface area contributed by atoms with Crippen molar-refractivity contribution >= 4 is 5.91 Å². The Morgan fingerprint density at radius 2 is 2.11 bits per heavy atom. The molecule has 1 saturated heterocycles. The van der Waals surface area contributed by atoms with Gasteiger partial charge in [-0.1, -0.05) is 23.4 Å². The van der Waals surface area contributed by atoms with Crippen molar-refractivity contribution in [3.8, 4) is 17.2 Å². The van der Waals surface area contributed by atoms with Crippen LogP contribution in [0.2, 0.25) is 0 Å². The molecule has 1 fully saturated rings. The van der Waals surface area contributed by atoms with Gasteiger partial charge in [-0.05, 0) is 35.9 Å². The van der Waals surface area contributed by atoms with Crippen LogP contribution in [0.3, 0.4) is 0 Å². The van der Waals surface area contributed by atoms with Crippen molar-refractivity contribution in [3.63, 3.8) is 0 Å². The quantitative estimate of drug-likeness (QED) is 0.691. The minimum atomic E-state index is -0.368. The Balaban J connectivity index is 1.47. The number of methoxy groups -OCH3 is 1. The molecular formula is C20H18FN3O3. The van der Waals surface area contributed by atoms with Crippen LogP contribution in [0.25, 0.3) is 11.5 Å². The minimum Gasteiger partial charge on any atom is -0.497 e. The molecule has 0 N–H and O–H groups in total. The van der Waals surface area contributed by atoms with E-state index in [4.69, 9.17) is 9.26 Å². The third-order valence-electron chi connectivity index (χ3n) is 4.60. The van der Waals surface area contributed by atoms with E-state index in [2.05, 4.69) is 10.1 Å². The Bertz CT molecular complexity index is 972. The Kier molecular flexibility index (Phi) is 4.58. The number of ether oxygens (including phenoxy) is 1. The van der Waals surface area contributed by atoms with Crippen LogP contribution in [-0.2, 0) is 11.3 Å². The maximum absolute atomic E-state index is 13.4. The van der Waals surface area contributed by atoms with Crippen LogP contribution in [0, 0.1) is 5.82 Å². The van der Waals surface area contributed by atoms with Gasteiger partial charge in [-0.3, -0.25) is 4.79 Å². The summed E-state index contributed by atoms with van der Waals surface area (Å²) < 4.78 is 23.9. The van der Waals surface area contributed by atoms with Gasteiger partial charge in [-0.15, -0.1) is 0 Å². The molecule has 27 heavy (non-hydrogen) atoms. The van der Waals surface area contributed by atoms with E-state index in [0.29, 0.717) is 30.9 Å². The summed E-state index contributed by atoms with van der Waals surface area (Å²) >= 11 is 0. The molecular weight excluding hydrogens is 349 g/mol. The fraction of sp³-hybridized carbons (Fsp3) is 0.250. The number of nitrogens with zero attached hydrogens (tertiary/aromatic N) is 3. The Morgan fingerprint density at radius 1 is 1.26 bits per heavy atom. The zero-order chi connectivity index (χ0) is 18.8. The van der Waals surface area contributed by atoms with Gasteiger partial charge in [0, 0.05) is 31.0 Å². The number of carbonyl (C=O) groups excluding carboxylic acids is 1. The topological polar surface area (TPSA) is 68.5 Å². The number of halogens is 1. The second-order valence-corrected chi connectivity index (χ2v) is 6.49. The van der Waals surface area contributed by atoms with Gasteiger partial charge in [0.2, 0.25) is 5.91 Å². The van der Waals surface area contributed by atoms with Gasteiger partial charge in [0.05, 0.1) is 7.11 Å². The van der Waals surface area contributed by atoms with E-state index in [1.807, 2.05) is 24.3 Å². The molecule has 138 valence electrons. The van der Waals surface area contributed by atoms with E-state index in [1.54, 1.807) is 24.1 Å². The summed E-state index contributed by atoms with van der Waals surface area (Å²) in [6.07, 6.45) is 0.325. The summed E-state index contributed by atoms with van der Waals surface area (Å²) in [5.74, 6) is 1.01. The number of carbonyl (C=O) groups is 1. The summed E-state index contributed by atoms with van der Waals surface area (Å²) in [4.78, 5) is 18.5. The average Bonchev–Trinajstić information content (AvgIpc) is 3.29. The highest BCUT2D eigenvalue weighted by Crippen LogP contribution is 2.29. The number of benzene rings is 2. The van der Waals surface area contributed by atoms with Gasteiger partial charge in [0.1, 0.15) is 11.6 Å². The molecule has 1 unspecified atom stereocenters. The van der Waals surface area contributed by atoms with Gasteiger partial charge in [0.15, 0.2) is 5.82 Å². The molecule has 1 aromatic heterocycles. The molecule has 0 bridgehead atoms. The van der Waals surface area contributed by atoms with E-state index in [0.717, 1.165) is 11.3 Å². The van der Waals surface area contributed by atoms with Crippen LogP contribution in [-0.4, -0.2) is 34.6 Å². The van der Waals surface area contributed by atoms with Crippen LogP contribution in [0.1, 0.15) is 23.7 Å². The van der Waals surface area contributed by atoms with Gasteiger partial charge >= 0.3 is 0 Å². The lowest BCUT2D eigenvalue weighted by Gasteiger charge is -2.16. The fourth-order valence-corrected chi connectivity index (χ4v) is 3.23. The van der Waals surface area contributed by atoms with Crippen LogP contribution >= 0.6 is 0 Å². The molecule has 1 aliphatic heterocycles. The minimum absolute atomic E-state index is 0.0416. The molecule has 0 spiro atoms. The van der Waals surface area contributed by atoms with Gasteiger partial charge < -0.3 is 14.2 Å². The van der Waals surface area contributed by atoms with Gasteiger partial charge in [0.25, 0.3) is 5.89 Å². The lowest BCUT2D eigenvalue weighted by atomic mass is 10.1. The number of likely N-dealkylation sites (tertiary alicyclic amines) is 1. The van der Waals surface area contributed by atoms with Gasteiger partial charge in [-0.2, -0.15) is 4.98 Å². The molecule has 0 saturated carbocycles. The van der Waals surface area contributed by atoms with E-state index in [9.17, 15) is 9.18 Å². The van der Waals surface area contributed by atoms with Crippen molar-refractivity contribution in [1.82, 2.24) is 15.0 Å². The van der Waals surface area contributed by atoms with Crippen molar-refractivity contribution in [3.05, 3.63) is 65.7 Å². The molecule has 1 atom stereocenters. The van der Waals surface area contributed by atoms with Crippen molar-refractivity contribution in [2.24, 2.45) is 0 Å². The van der Waals surface area contributed by atoms with Crippen LogP contribution in [0.5, 0.6) is 5.75 Å². The van der Waals surface area contributed by atoms with E-state index < -0.39 is 0 Å². The summed E-state index contributed by atoms with van der Waals surface area (Å²) in [6, 6.07) is 13.6. The third-order valence-corrected chi connectivity index (χ3v) is 4.60. The lowest BCUT2D eigenvalue weighted by Crippen LogP contribution is -2.24. The number of rotatable bonds is 5. The third kappa shape index (κ3) is 3.67. The first-order chi connectivity index (χ1) is 13.1. The van der Waals surface area contributed by atoms with Crippen molar-refractivity contribution in [2.45, 2.75) is 18.9 Å². The highest BCUT2D eigenvalue weighted by atomic mass is 19.1. The van der Waals surface area contributed by atoms with Crippen LogP contribution in [0.4, 0.5) is 4.39 Å². The lowest BCUT2D eigenvalue weighted by molar-refractivity contribution is -0.128. The Hall–Kier alpha value is -3.22. The molecule has 6 nitrogen and oxygen atoms in total. The van der Waals surface area contributed by atoms with E-state index in [-0.39, 0.29) is 23.5 Å². The first-order valence-corrected chi connectivity index (χ1v) is 8.62. The maximum atomic E-state index is 13.4. The van der Waals surface area contributed by atoms with Gasteiger partial charge in [-0.25, -0.2) is 4.39 Å². The molecule has 7 heteroatoms. The molecule has 2 heterocycles. The molecule has 0 radical (unpaired) electrons. The first kappa shape index (κ1) is 17.2. The summed E-state index contributed by atoms with van der Waals surface area (Å²) in [7, 11) is 1.61. The summed E-state index contributed by atoms with van der Waals surface area (Å²) in [6.45, 7) is 1.01. The second kappa shape index (κ2) is 7.19. The molecule has 1 amide bonds.